The zero-order valence-corrected chi connectivity index (χ0v) is 8.11. The van der Waals surface area contributed by atoms with Crippen LogP contribution in [0.15, 0.2) is 24.4 Å². The van der Waals surface area contributed by atoms with E-state index in [9.17, 15) is 0 Å². The molecule has 1 aromatic heterocycles. The van der Waals surface area contributed by atoms with Gasteiger partial charge in [-0.15, -0.1) is 0 Å². The molecule has 1 aliphatic heterocycles. The second kappa shape index (κ2) is 3.88. The highest BCUT2D eigenvalue weighted by atomic mass is 15.2. The first-order chi connectivity index (χ1) is 6.42. The maximum Gasteiger partial charge on any atom is 0.0575 e. The molecule has 2 heteroatoms. The number of likely N-dealkylation sites (tertiary alicyclic amines) is 1. The molecule has 1 atom stereocenters. The summed E-state index contributed by atoms with van der Waals surface area (Å²) in [6.07, 6.45) is 4.47. The van der Waals surface area contributed by atoms with Gasteiger partial charge in [0.25, 0.3) is 0 Å². The normalized spacial score (nSPS) is 23.6. The first-order valence-electron chi connectivity index (χ1n) is 5.07. The van der Waals surface area contributed by atoms with Crippen molar-refractivity contribution in [1.29, 1.82) is 0 Å². The lowest BCUT2D eigenvalue weighted by molar-refractivity contribution is 0.267. The van der Waals surface area contributed by atoms with Gasteiger partial charge in [0.15, 0.2) is 0 Å². The summed E-state index contributed by atoms with van der Waals surface area (Å²) in [7, 11) is 0. The highest BCUT2D eigenvalue weighted by Crippen LogP contribution is 2.29. The van der Waals surface area contributed by atoms with Crippen molar-refractivity contribution in [2.24, 2.45) is 0 Å². The van der Waals surface area contributed by atoms with Crippen LogP contribution >= 0.6 is 0 Å². The summed E-state index contributed by atoms with van der Waals surface area (Å²) in [5.74, 6) is 0. The molecule has 0 radical (unpaired) electrons. The summed E-state index contributed by atoms with van der Waals surface area (Å²) >= 11 is 0. The van der Waals surface area contributed by atoms with Gasteiger partial charge in [-0.05, 0) is 38.1 Å². The van der Waals surface area contributed by atoms with Crippen molar-refractivity contribution in [2.45, 2.75) is 25.8 Å². The predicted octanol–water partition coefficient (Wildman–Crippen LogP) is 2.24. The van der Waals surface area contributed by atoms with Gasteiger partial charge in [0, 0.05) is 6.20 Å². The summed E-state index contributed by atoms with van der Waals surface area (Å²) in [4.78, 5) is 6.92. The van der Waals surface area contributed by atoms with E-state index in [1.54, 1.807) is 0 Å². The van der Waals surface area contributed by atoms with Gasteiger partial charge in [0.1, 0.15) is 0 Å². The molecule has 0 saturated carbocycles. The average molecular weight is 176 g/mol. The van der Waals surface area contributed by atoms with Gasteiger partial charge in [-0.3, -0.25) is 9.88 Å². The van der Waals surface area contributed by atoms with Crippen LogP contribution < -0.4 is 0 Å². The van der Waals surface area contributed by atoms with E-state index in [1.165, 1.54) is 25.1 Å². The van der Waals surface area contributed by atoms with Crippen molar-refractivity contribution >= 4 is 0 Å². The van der Waals surface area contributed by atoms with E-state index < -0.39 is 0 Å². The molecule has 2 nitrogen and oxygen atoms in total. The number of hydrogen-bond acceptors (Lipinski definition) is 2. The SMILES string of the molecule is CCN1CCC[C@@H]1c1ccccn1. The second-order valence-corrected chi connectivity index (χ2v) is 3.54. The third-order valence-electron chi connectivity index (χ3n) is 2.80. The minimum absolute atomic E-state index is 0.575. The lowest BCUT2D eigenvalue weighted by Gasteiger charge is -2.21. The molecule has 0 bridgehead atoms. The fraction of sp³-hybridized carbons (Fsp3) is 0.545. The van der Waals surface area contributed by atoms with Crippen molar-refractivity contribution in [3.8, 4) is 0 Å². The Morgan fingerprint density at radius 1 is 1.54 bits per heavy atom. The molecule has 0 N–H and O–H groups in total. The summed E-state index contributed by atoms with van der Waals surface area (Å²) in [6, 6.07) is 6.77. The molecule has 0 spiro atoms. The number of hydrogen-bond donors (Lipinski definition) is 0. The van der Waals surface area contributed by atoms with Crippen molar-refractivity contribution in [3.05, 3.63) is 30.1 Å². The van der Waals surface area contributed by atoms with Crippen molar-refractivity contribution in [3.63, 3.8) is 0 Å². The molecule has 0 aromatic carbocycles. The molecular formula is C11H16N2. The molecular weight excluding hydrogens is 160 g/mol. The van der Waals surface area contributed by atoms with Crippen LogP contribution in [0.4, 0.5) is 0 Å². The number of nitrogens with zero attached hydrogens (tertiary/aromatic N) is 2. The Balaban J connectivity index is 2.16. The molecule has 1 saturated heterocycles. The monoisotopic (exact) mass is 176 g/mol. The third kappa shape index (κ3) is 1.73. The predicted molar refractivity (Wildman–Crippen MR) is 53.5 cm³/mol. The standard InChI is InChI=1S/C11H16N2/c1-2-13-9-5-7-11(13)10-6-3-4-8-12-10/h3-4,6,8,11H,2,5,7,9H2,1H3/t11-/m1/s1. The lowest BCUT2D eigenvalue weighted by atomic mass is 10.1. The second-order valence-electron chi connectivity index (χ2n) is 3.54. The molecule has 0 unspecified atom stereocenters. The van der Waals surface area contributed by atoms with Crippen LogP contribution in [0.5, 0.6) is 0 Å². The maximum absolute atomic E-state index is 4.42. The van der Waals surface area contributed by atoms with E-state index in [0.717, 1.165) is 6.54 Å². The van der Waals surface area contributed by atoms with Crippen LogP contribution in [0.3, 0.4) is 0 Å². The summed E-state index contributed by atoms with van der Waals surface area (Å²) in [5.41, 5.74) is 1.24. The molecule has 1 fully saturated rings. The Bertz CT molecular complexity index is 258. The zero-order chi connectivity index (χ0) is 9.10. The summed E-state index contributed by atoms with van der Waals surface area (Å²) < 4.78 is 0. The Morgan fingerprint density at radius 3 is 3.15 bits per heavy atom. The lowest BCUT2D eigenvalue weighted by Crippen LogP contribution is -2.23. The van der Waals surface area contributed by atoms with E-state index in [4.69, 9.17) is 0 Å². The molecule has 70 valence electrons. The summed E-state index contributed by atoms with van der Waals surface area (Å²) in [6.45, 7) is 4.60. The van der Waals surface area contributed by atoms with Crippen LogP contribution in [0.25, 0.3) is 0 Å². The minimum Gasteiger partial charge on any atom is -0.295 e. The molecule has 13 heavy (non-hydrogen) atoms. The topological polar surface area (TPSA) is 16.1 Å². The number of pyridine rings is 1. The molecule has 0 aliphatic carbocycles. The van der Waals surface area contributed by atoms with Gasteiger partial charge in [0.05, 0.1) is 11.7 Å². The fourth-order valence-electron chi connectivity index (χ4n) is 2.11. The van der Waals surface area contributed by atoms with Gasteiger partial charge in [0.2, 0.25) is 0 Å². The average Bonchev–Trinajstić information content (AvgIpc) is 2.67. The molecule has 1 aliphatic rings. The molecule has 1 aromatic rings. The van der Waals surface area contributed by atoms with E-state index in [0.29, 0.717) is 6.04 Å². The van der Waals surface area contributed by atoms with Crippen LogP contribution in [0.1, 0.15) is 31.5 Å². The van der Waals surface area contributed by atoms with Gasteiger partial charge in [-0.1, -0.05) is 13.0 Å². The zero-order valence-electron chi connectivity index (χ0n) is 8.11. The quantitative estimate of drug-likeness (QED) is 0.687. The summed E-state index contributed by atoms with van der Waals surface area (Å²) in [5, 5.41) is 0. The minimum atomic E-state index is 0.575. The Hall–Kier alpha value is -0.890. The van der Waals surface area contributed by atoms with Gasteiger partial charge in [-0.2, -0.15) is 0 Å². The first-order valence-corrected chi connectivity index (χ1v) is 5.07. The highest BCUT2D eigenvalue weighted by Gasteiger charge is 2.24. The van der Waals surface area contributed by atoms with Crippen molar-refractivity contribution in [2.75, 3.05) is 13.1 Å². The van der Waals surface area contributed by atoms with Gasteiger partial charge in [-0.25, -0.2) is 0 Å². The van der Waals surface area contributed by atoms with Crippen LogP contribution in [0, 0.1) is 0 Å². The molecule has 2 rings (SSSR count). The van der Waals surface area contributed by atoms with E-state index in [1.807, 2.05) is 12.3 Å². The highest BCUT2D eigenvalue weighted by molar-refractivity contribution is 5.10. The van der Waals surface area contributed by atoms with E-state index in [-0.39, 0.29) is 0 Å². The van der Waals surface area contributed by atoms with Gasteiger partial charge < -0.3 is 0 Å². The Kier molecular flexibility index (Phi) is 2.60. The number of aromatic nitrogens is 1. The van der Waals surface area contributed by atoms with E-state index >= 15 is 0 Å². The number of rotatable bonds is 2. The van der Waals surface area contributed by atoms with Crippen molar-refractivity contribution < 1.29 is 0 Å². The third-order valence-corrected chi connectivity index (χ3v) is 2.80. The fourth-order valence-corrected chi connectivity index (χ4v) is 2.11. The Labute approximate surface area is 79.6 Å². The van der Waals surface area contributed by atoms with Gasteiger partial charge >= 0.3 is 0 Å². The Morgan fingerprint density at radius 2 is 2.46 bits per heavy atom. The molecule has 0 amide bonds. The van der Waals surface area contributed by atoms with Crippen molar-refractivity contribution in [1.82, 2.24) is 9.88 Å². The first kappa shape index (κ1) is 8.70. The maximum atomic E-state index is 4.42. The van der Waals surface area contributed by atoms with Crippen LogP contribution in [0.2, 0.25) is 0 Å². The van der Waals surface area contributed by atoms with Crippen LogP contribution in [-0.2, 0) is 0 Å². The van der Waals surface area contributed by atoms with Crippen LogP contribution in [-0.4, -0.2) is 23.0 Å². The largest absolute Gasteiger partial charge is 0.295 e. The van der Waals surface area contributed by atoms with E-state index in [2.05, 4.69) is 28.9 Å². The molecule has 2 heterocycles. The smallest absolute Gasteiger partial charge is 0.0575 e.